The average molecular weight is 302 g/mol. The molecular weight excluding hydrogens is 282 g/mol. The largest absolute Gasteiger partial charge is 0.341 e. The van der Waals surface area contributed by atoms with E-state index < -0.39 is 0 Å². The Bertz CT molecular complexity index is 695. The third-order valence-corrected chi connectivity index (χ3v) is 3.88. The quantitative estimate of drug-likeness (QED) is 0.775. The normalized spacial score (nSPS) is 12.1. The topological polar surface area (TPSA) is 54.7 Å². The molecule has 3 aromatic rings. The number of benzene rings is 2. The molecule has 21 heavy (non-hydrogen) atoms. The van der Waals surface area contributed by atoms with Crippen LogP contribution < -0.4 is 5.73 Å². The molecule has 2 aromatic carbocycles. The number of aromatic amines is 1. The van der Waals surface area contributed by atoms with Crippen molar-refractivity contribution in [1.82, 2.24) is 9.97 Å². The van der Waals surface area contributed by atoms with E-state index in [-0.39, 0.29) is 18.3 Å². The van der Waals surface area contributed by atoms with Crippen LogP contribution in [-0.4, -0.2) is 16.5 Å². The summed E-state index contributed by atoms with van der Waals surface area (Å²) in [6.45, 7) is 4.77. The first kappa shape index (κ1) is 15.5. The van der Waals surface area contributed by atoms with Crippen molar-refractivity contribution in [3.8, 4) is 0 Å². The molecule has 0 amide bonds. The van der Waals surface area contributed by atoms with Crippen molar-refractivity contribution in [2.24, 2.45) is 5.73 Å². The molecule has 3 N–H and O–H groups in total. The van der Waals surface area contributed by atoms with Crippen molar-refractivity contribution in [2.45, 2.75) is 19.8 Å². The van der Waals surface area contributed by atoms with Crippen LogP contribution in [0.3, 0.4) is 0 Å². The minimum Gasteiger partial charge on any atom is -0.341 e. The van der Waals surface area contributed by atoms with Crippen LogP contribution in [0.2, 0.25) is 0 Å². The molecular formula is C17H20ClN3. The Labute approximate surface area is 131 Å². The Morgan fingerprint density at radius 3 is 2.43 bits per heavy atom. The van der Waals surface area contributed by atoms with Crippen LogP contribution in [0.25, 0.3) is 11.0 Å². The van der Waals surface area contributed by atoms with Crippen molar-refractivity contribution < 1.29 is 0 Å². The number of hydrogen-bond donors (Lipinski definition) is 2. The molecule has 0 aliphatic rings. The van der Waals surface area contributed by atoms with E-state index >= 15 is 0 Å². The highest BCUT2D eigenvalue weighted by Gasteiger charge is 2.16. The maximum atomic E-state index is 5.96. The van der Waals surface area contributed by atoms with E-state index in [0.29, 0.717) is 6.54 Å². The van der Waals surface area contributed by atoms with Gasteiger partial charge in [0, 0.05) is 6.54 Å². The second-order valence-corrected chi connectivity index (χ2v) is 5.27. The smallest absolute Gasteiger partial charge is 0.116 e. The molecule has 1 aromatic heterocycles. The number of nitrogens with zero attached hydrogens (tertiary/aromatic N) is 1. The van der Waals surface area contributed by atoms with Crippen LogP contribution in [0, 0.1) is 13.8 Å². The minimum absolute atomic E-state index is 0. The van der Waals surface area contributed by atoms with Gasteiger partial charge in [-0.3, -0.25) is 0 Å². The lowest BCUT2D eigenvalue weighted by Crippen LogP contribution is -2.15. The fraction of sp³-hybridized carbons (Fsp3) is 0.235. The maximum absolute atomic E-state index is 5.96. The lowest BCUT2D eigenvalue weighted by Gasteiger charge is -2.11. The van der Waals surface area contributed by atoms with Gasteiger partial charge in [-0.25, -0.2) is 4.98 Å². The zero-order valence-corrected chi connectivity index (χ0v) is 13.1. The summed E-state index contributed by atoms with van der Waals surface area (Å²) in [7, 11) is 0. The van der Waals surface area contributed by atoms with Crippen LogP contribution in [0.15, 0.2) is 42.5 Å². The second-order valence-electron chi connectivity index (χ2n) is 5.27. The first-order chi connectivity index (χ1) is 9.69. The zero-order chi connectivity index (χ0) is 14.1. The molecule has 0 saturated heterocycles. The lowest BCUT2D eigenvalue weighted by molar-refractivity contribution is 0.769. The van der Waals surface area contributed by atoms with Crippen LogP contribution >= 0.6 is 12.4 Å². The SMILES string of the molecule is Cc1cc2nc([C@@H](CN)c3ccccc3)[nH]c2cc1C.Cl. The maximum Gasteiger partial charge on any atom is 0.116 e. The summed E-state index contributed by atoms with van der Waals surface area (Å²) in [5.74, 6) is 1.06. The number of H-pyrrole nitrogens is 1. The first-order valence-corrected chi connectivity index (χ1v) is 6.91. The third-order valence-electron chi connectivity index (χ3n) is 3.88. The predicted octanol–water partition coefficient (Wildman–Crippen LogP) is 3.69. The number of fused-ring (bicyclic) bond motifs is 1. The number of hydrogen-bond acceptors (Lipinski definition) is 2. The molecule has 0 saturated carbocycles. The molecule has 0 bridgehead atoms. The van der Waals surface area contributed by atoms with Crippen molar-refractivity contribution >= 4 is 23.4 Å². The zero-order valence-electron chi connectivity index (χ0n) is 12.3. The minimum atomic E-state index is 0. The Kier molecular flexibility index (Phi) is 4.66. The summed E-state index contributed by atoms with van der Waals surface area (Å²) in [5, 5.41) is 0. The van der Waals surface area contributed by atoms with Gasteiger partial charge in [-0.05, 0) is 42.7 Å². The van der Waals surface area contributed by atoms with Gasteiger partial charge in [0.15, 0.2) is 0 Å². The fourth-order valence-electron chi connectivity index (χ4n) is 2.55. The van der Waals surface area contributed by atoms with Crippen LogP contribution in [-0.2, 0) is 0 Å². The standard InChI is InChI=1S/C17H19N3.ClH/c1-11-8-15-16(9-12(11)2)20-17(19-15)14(10-18)13-6-4-3-5-7-13;/h3-9,14H,10,18H2,1-2H3,(H,19,20);1H/t14-;/m0./s1. The molecule has 3 nitrogen and oxygen atoms in total. The van der Waals surface area contributed by atoms with E-state index in [1.807, 2.05) is 18.2 Å². The Balaban J connectivity index is 0.00000161. The number of aryl methyl sites for hydroxylation is 2. The summed E-state index contributed by atoms with van der Waals surface area (Å²) in [4.78, 5) is 8.15. The van der Waals surface area contributed by atoms with E-state index in [1.165, 1.54) is 16.7 Å². The fourth-order valence-corrected chi connectivity index (χ4v) is 2.55. The van der Waals surface area contributed by atoms with Gasteiger partial charge in [-0.1, -0.05) is 30.3 Å². The van der Waals surface area contributed by atoms with Crippen molar-refractivity contribution in [1.29, 1.82) is 0 Å². The molecule has 0 fully saturated rings. The Morgan fingerprint density at radius 2 is 1.76 bits per heavy atom. The van der Waals surface area contributed by atoms with Gasteiger partial charge in [0.25, 0.3) is 0 Å². The number of rotatable bonds is 3. The number of nitrogens with one attached hydrogen (secondary N) is 1. The lowest BCUT2D eigenvalue weighted by atomic mass is 9.99. The van der Waals surface area contributed by atoms with Gasteiger partial charge < -0.3 is 10.7 Å². The molecule has 4 heteroatoms. The molecule has 3 rings (SSSR count). The van der Waals surface area contributed by atoms with Gasteiger partial charge in [0.05, 0.1) is 17.0 Å². The highest BCUT2D eigenvalue weighted by molar-refractivity contribution is 5.85. The molecule has 0 aliphatic heterocycles. The third kappa shape index (κ3) is 2.94. The van der Waals surface area contributed by atoms with Gasteiger partial charge >= 0.3 is 0 Å². The summed E-state index contributed by atoms with van der Waals surface area (Å²) >= 11 is 0. The highest BCUT2D eigenvalue weighted by atomic mass is 35.5. The first-order valence-electron chi connectivity index (χ1n) is 6.91. The summed E-state index contributed by atoms with van der Waals surface area (Å²) in [6, 6.07) is 14.6. The molecule has 0 unspecified atom stereocenters. The van der Waals surface area contributed by atoms with Crippen molar-refractivity contribution in [3.63, 3.8) is 0 Å². The Morgan fingerprint density at radius 1 is 1.10 bits per heavy atom. The van der Waals surface area contributed by atoms with Crippen molar-refractivity contribution in [3.05, 3.63) is 65.0 Å². The van der Waals surface area contributed by atoms with Gasteiger partial charge in [-0.2, -0.15) is 0 Å². The van der Waals surface area contributed by atoms with Gasteiger partial charge in [0.2, 0.25) is 0 Å². The summed E-state index contributed by atoms with van der Waals surface area (Å²) < 4.78 is 0. The number of halogens is 1. The van der Waals surface area contributed by atoms with Crippen LogP contribution in [0.1, 0.15) is 28.4 Å². The van der Waals surface area contributed by atoms with E-state index in [2.05, 4.69) is 43.1 Å². The summed E-state index contributed by atoms with van der Waals surface area (Å²) in [5.41, 5.74) is 11.8. The van der Waals surface area contributed by atoms with Crippen LogP contribution in [0.4, 0.5) is 0 Å². The molecule has 0 spiro atoms. The van der Waals surface area contributed by atoms with E-state index in [4.69, 9.17) is 10.7 Å². The molecule has 1 heterocycles. The van der Waals surface area contributed by atoms with Gasteiger partial charge in [-0.15, -0.1) is 12.4 Å². The molecule has 0 aliphatic carbocycles. The highest BCUT2D eigenvalue weighted by Crippen LogP contribution is 2.25. The number of aromatic nitrogens is 2. The number of nitrogens with two attached hydrogens (primary N) is 1. The average Bonchev–Trinajstić information content (AvgIpc) is 2.84. The molecule has 0 radical (unpaired) electrons. The molecule has 1 atom stereocenters. The predicted molar refractivity (Wildman–Crippen MR) is 90.2 cm³/mol. The number of imidazole rings is 1. The van der Waals surface area contributed by atoms with Gasteiger partial charge in [0.1, 0.15) is 5.82 Å². The van der Waals surface area contributed by atoms with E-state index in [9.17, 15) is 0 Å². The van der Waals surface area contributed by atoms with E-state index in [0.717, 1.165) is 16.9 Å². The van der Waals surface area contributed by atoms with Crippen molar-refractivity contribution in [2.75, 3.05) is 6.54 Å². The Hall–Kier alpha value is -1.84. The van der Waals surface area contributed by atoms with Crippen LogP contribution in [0.5, 0.6) is 0 Å². The monoisotopic (exact) mass is 301 g/mol. The summed E-state index contributed by atoms with van der Waals surface area (Å²) in [6.07, 6.45) is 0. The second kappa shape index (κ2) is 6.29. The van der Waals surface area contributed by atoms with E-state index in [1.54, 1.807) is 0 Å². The molecule has 110 valence electrons.